The normalized spacial score (nSPS) is 11.5. The van der Waals surface area contributed by atoms with Gasteiger partial charge in [-0.25, -0.2) is 14.8 Å². The number of benzene rings is 1. The number of aryl methyl sites for hydroxylation is 1. The third-order valence-corrected chi connectivity index (χ3v) is 5.03. The van der Waals surface area contributed by atoms with Crippen LogP contribution in [0.5, 0.6) is 5.75 Å². The van der Waals surface area contributed by atoms with Crippen LogP contribution in [-0.2, 0) is 11.2 Å². The van der Waals surface area contributed by atoms with Crippen molar-refractivity contribution in [2.75, 3.05) is 24.8 Å². The van der Waals surface area contributed by atoms with Crippen molar-refractivity contribution < 1.29 is 19.1 Å². The minimum absolute atomic E-state index is 0.0302. The first-order valence-electron chi connectivity index (χ1n) is 11.5. The third-order valence-electron chi connectivity index (χ3n) is 5.03. The quantitative estimate of drug-likeness (QED) is 0.329. The number of methoxy groups -OCH3 is 1. The number of hydrogen-bond acceptors (Lipinski definition) is 9. The van der Waals surface area contributed by atoms with E-state index in [1.165, 1.54) is 6.33 Å². The number of esters is 1. The van der Waals surface area contributed by atoms with Crippen molar-refractivity contribution in [1.82, 2.24) is 19.9 Å². The number of anilines is 3. The van der Waals surface area contributed by atoms with E-state index in [-0.39, 0.29) is 23.8 Å². The Labute approximate surface area is 199 Å². The van der Waals surface area contributed by atoms with Crippen molar-refractivity contribution in [3.05, 3.63) is 29.7 Å². The first-order chi connectivity index (χ1) is 16.2. The monoisotopic (exact) mass is 470 g/mol. The molecule has 0 aliphatic carbocycles. The number of nitrogens with one attached hydrogen (secondary N) is 1. The first-order valence-corrected chi connectivity index (χ1v) is 11.5. The summed E-state index contributed by atoms with van der Waals surface area (Å²) in [5, 5.41) is 8.85. The van der Waals surface area contributed by atoms with Gasteiger partial charge in [0.25, 0.3) is 0 Å². The summed E-state index contributed by atoms with van der Waals surface area (Å²) in [6, 6.07) is 3.78. The highest BCUT2D eigenvalue weighted by Gasteiger charge is 2.23. The fourth-order valence-electron chi connectivity index (χ4n) is 3.52. The van der Waals surface area contributed by atoms with Crippen LogP contribution in [0.4, 0.5) is 17.3 Å². The lowest BCUT2D eigenvalue weighted by Crippen LogP contribution is -2.32. The SMILES string of the molecule is CCCCCc1nn(OC(C)(C)C)c2cc(OC)c(Nc3ncnc(N)c3C(=O)OCC)cc12. The predicted octanol–water partition coefficient (Wildman–Crippen LogP) is 4.30. The zero-order valence-corrected chi connectivity index (χ0v) is 20.8. The number of nitrogens with zero attached hydrogens (tertiary/aromatic N) is 4. The van der Waals surface area contributed by atoms with Crippen LogP contribution in [0.1, 0.15) is 69.9 Å². The van der Waals surface area contributed by atoms with E-state index in [4.69, 9.17) is 25.1 Å². The maximum atomic E-state index is 12.5. The number of unbranched alkanes of at least 4 members (excludes halogenated alkanes) is 2. The molecular weight excluding hydrogens is 436 g/mol. The van der Waals surface area contributed by atoms with Gasteiger partial charge in [0, 0.05) is 11.5 Å². The number of nitrogen functional groups attached to an aromatic ring is 1. The maximum Gasteiger partial charge on any atom is 0.345 e. The second-order valence-corrected chi connectivity index (χ2v) is 8.88. The number of nitrogens with two attached hydrogens (primary N) is 1. The molecule has 0 saturated heterocycles. The number of aromatic nitrogens is 4. The molecule has 0 saturated carbocycles. The average Bonchev–Trinajstić information content (AvgIpc) is 3.08. The van der Waals surface area contributed by atoms with Gasteiger partial charge in [-0.2, -0.15) is 0 Å². The minimum Gasteiger partial charge on any atom is -0.494 e. The molecule has 3 N–H and O–H groups in total. The summed E-state index contributed by atoms with van der Waals surface area (Å²) in [5.41, 5.74) is 7.92. The van der Waals surface area contributed by atoms with Crippen molar-refractivity contribution in [2.24, 2.45) is 0 Å². The molecule has 0 radical (unpaired) electrons. The number of carbonyl (C=O) groups is 1. The molecule has 0 fully saturated rings. The van der Waals surface area contributed by atoms with Crippen LogP contribution < -0.4 is 20.6 Å². The minimum atomic E-state index is -0.602. The average molecular weight is 471 g/mol. The van der Waals surface area contributed by atoms with Crippen molar-refractivity contribution in [3.63, 3.8) is 0 Å². The lowest BCUT2D eigenvalue weighted by molar-refractivity contribution is -0.0274. The van der Waals surface area contributed by atoms with Crippen LogP contribution in [0.2, 0.25) is 0 Å². The zero-order valence-electron chi connectivity index (χ0n) is 20.8. The molecule has 0 aliphatic heterocycles. The Morgan fingerprint density at radius 1 is 1.18 bits per heavy atom. The Kier molecular flexibility index (Phi) is 7.80. The molecule has 3 aromatic rings. The largest absolute Gasteiger partial charge is 0.494 e. The number of fused-ring (bicyclic) bond motifs is 1. The molecule has 10 nitrogen and oxygen atoms in total. The number of hydrogen-bond donors (Lipinski definition) is 2. The van der Waals surface area contributed by atoms with Gasteiger partial charge in [0.1, 0.15) is 34.6 Å². The highest BCUT2D eigenvalue weighted by molar-refractivity contribution is 6.00. The fourth-order valence-corrected chi connectivity index (χ4v) is 3.52. The van der Waals surface area contributed by atoms with E-state index in [9.17, 15) is 4.79 Å². The Bertz CT molecular complexity index is 1150. The van der Waals surface area contributed by atoms with E-state index in [2.05, 4.69) is 22.2 Å². The van der Waals surface area contributed by atoms with Crippen LogP contribution in [-0.4, -0.2) is 45.2 Å². The second kappa shape index (κ2) is 10.6. The van der Waals surface area contributed by atoms with E-state index in [0.717, 1.165) is 42.3 Å². The summed E-state index contributed by atoms with van der Waals surface area (Å²) >= 11 is 0. The van der Waals surface area contributed by atoms with Crippen molar-refractivity contribution in [2.45, 2.75) is 65.9 Å². The van der Waals surface area contributed by atoms with Gasteiger partial charge < -0.3 is 25.4 Å². The third kappa shape index (κ3) is 5.67. The molecule has 0 aliphatic rings. The highest BCUT2D eigenvalue weighted by Crippen LogP contribution is 2.35. The molecule has 2 heterocycles. The molecule has 0 spiro atoms. The molecule has 3 rings (SSSR count). The predicted molar refractivity (Wildman–Crippen MR) is 132 cm³/mol. The first kappa shape index (κ1) is 25.1. The molecule has 0 atom stereocenters. The molecule has 34 heavy (non-hydrogen) atoms. The van der Waals surface area contributed by atoms with Gasteiger partial charge in [0.2, 0.25) is 0 Å². The van der Waals surface area contributed by atoms with Gasteiger partial charge in [-0.3, -0.25) is 0 Å². The summed E-state index contributed by atoms with van der Waals surface area (Å²) in [4.78, 5) is 28.3. The summed E-state index contributed by atoms with van der Waals surface area (Å²) in [7, 11) is 1.57. The second-order valence-electron chi connectivity index (χ2n) is 8.88. The standard InChI is InChI=1S/C24H34N6O4/c1-7-9-10-11-16-15-12-17(19(32-6)13-18(15)30(29-16)34-24(3,4)5)28-22-20(23(31)33-8-2)21(25)26-14-27-22/h12-14H,7-11H2,1-6H3,(H3,25,26,27,28). The van der Waals surface area contributed by atoms with E-state index in [1.807, 2.05) is 32.9 Å². The van der Waals surface area contributed by atoms with E-state index in [1.54, 1.807) is 18.9 Å². The zero-order chi connectivity index (χ0) is 24.9. The highest BCUT2D eigenvalue weighted by atomic mass is 16.7. The van der Waals surface area contributed by atoms with Gasteiger partial charge in [-0.1, -0.05) is 24.6 Å². The van der Waals surface area contributed by atoms with Gasteiger partial charge in [-0.15, -0.1) is 5.10 Å². The summed E-state index contributed by atoms with van der Waals surface area (Å²) in [6.45, 7) is 10.0. The number of carbonyl (C=O) groups excluding carboxylic acids is 1. The summed E-state index contributed by atoms with van der Waals surface area (Å²) < 4.78 is 10.8. The van der Waals surface area contributed by atoms with Crippen LogP contribution in [0, 0.1) is 0 Å². The lowest BCUT2D eigenvalue weighted by atomic mass is 10.1. The molecule has 0 bridgehead atoms. The molecule has 10 heteroatoms. The Morgan fingerprint density at radius 2 is 1.94 bits per heavy atom. The van der Waals surface area contributed by atoms with Crippen molar-refractivity contribution in [1.29, 1.82) is 0 Å². The van der Waals surface area contributed by atoms with Crippen LogP contribution in [0.15, 0.2) is 18.5 Å². The Balaban J connectivity index is 2.11. The van der Waals surface area contributed by atoms with E-state index in [0.29, 0.717) is 11.4 Å². The van der Waals surface area contributed by atoms with Crippen molar-refractivity contribution >= 4 is 34.2 Å². The molecule has 0 unspecified atom stereocenters. The smallest absolute Gasteiger partial charge is 0.345 e. The number of rotatable bonds is 10. The van der Waals surface area contributed by atoms with Crippen molar-refractivity contribution in [3.8, 4) is 5.75 Å². The van der Waals surface area contributed by atoms with Crippen LogP contribution in [0.25, 0.3) is 10.9 Å². The van der Waals surface area contributed by atoms with Gasteiger partial charge in [0.15, 0.2) is 5.82 Å². The fraction of sp³-hybridized carbons (Fsp3) is 0.500. The number of ether oxygens (including phenoxy) is 2. The Morgan fingerprint density at radius 3 is 2.59 bits per heavy atom. The molecular formula is C24H34N6O4. The maximum absolute atomic E-state index is 12.5. The molecule has 1 aromatic carbocycles. The molecule has 184 valence electrons. The lowest BCUT2D eigenvalue weighted by Gasteiger charge is -2.20. The molecule has 2 aromatic heterocycles. The summed E-state index contributed by atoms with van der Waals surface area (Å²) in [6.07, 6.45) is 5.34. The van der Waals surface area contributed by atoms with Gasteiger partial charge >= 0.3 is 5.97 Å². The topological polar surface area (TPSA) is 126 Å². The van der Waals surface area contributed by atoms with Crippen LogP contribution in [0.3, 0.4) is 0 Å². The molecule has 0 amide bonds. The van der Waals surface area contributed by atoms with Gasteiger partial charge in [-0.05, 0) is 46.6 Å². The van der Waals surface area contributed by atoms with Gasteiger partial charge in [0.05, 0.1) is 25.1 Å². The van der Waals surface area contributed by atoms with E-state index < -0.39 is 11.6 Å². The Hall–Kier alpha value is -3.56. The van der Waals surface area contributed by atoms with Crippen LogP contribution >= 0.6 is 0 Å². The van der Waals surface area contributed by atoms with E-state index >= 15 is 0 Å². The summed E-state index contributed by atoms with van der Waals surface area (Å²) in [5.74, 6) is 0.185.